The molecule has 53 heavy (non-hydrogen) atoms. The minimum atomic E-state index is -4.84. The quantitative estimate of drug-likeness (QED) is 0.0640. The highest BCUT2D eigenvalue weighted by Crippen LogP contribution is 2.45. The third-order valence-corrected chi connectivity index (χ3v) is 8.64. The Morgan fingerprint density at radius 3 is 1.87 bits per heavy atom. The Bertz CT molecular complexity index is 1900. The molecule has 5 unspecified atom stereocenters. The zero-order valence-corrected chi connectivity index (χ0v) is 28.9. The maximum absolute atomic E-state index is 13.1. The summed E-state index contributed by atoms with van der Waals surface area (Å²) in [7, 11) is -4.84. The van der Waals surface area contributed by atoms with Gasteiger partial charge in [0.1, 0.15) is 18.4 Å². The fourth-order valence-electron chi connectivity index (χ4n) is 6.12. The van der Waals surface area contributed by atoms with Crippen LogP contribution in [-0.2, 0) is 37.7 Å². The van der Waals surface area contributed by atoms with Crippen LogP contribution in [0.5, 0.6) is 0 Å². The van der Waals surface area contributed by atoms with Crippen molar-refractivity contribution in [1.29, 1.82) is 0 Å². The number of carboxylic acid groups (broad SMARTS) is 4. The molecule has 8 N–H and O–H groups in total. The highest BCUT2D eigenvalue weighted by molar-refractivity contribution is 7.50. The van der Waals surface area contributed by atoms with E-state index in [1.54, 1.807) is 36.4 Å². The van der Waals surface area contributed by atoms with Gasteiger partial charge in [-0.05, 0) is 18.1 Å². The molecule has 21 heteroatoms. The van der Waals surface area contributed by atoms with Gasteiger partial charge in [0.2, 0.25) is 0 Å². The Morgan fingerprint density at radius 1 is 0.887 bits per heavy atom. The van der Waals surface area contributed by atoms with Gasteiger partial charge in [0, 0.05) is 18.2 Å². The number of rotatable bonds is 19. The van der Waals surface area contributed by atoms with E-state index in [0.717, 1.165) is 20.6 Å². The first kappa shape index (κ1) is 40.7. The highest BCUT2D eigenvalue weighted by atomic mass is 31.2. The van der Waals surface area contributed by atoms with Crippen molar-refractivity contribution in [2.45, 2.75) is 50.2 Å². The van der Waals surface area contributed by atoms with Gasteiger partial charge < -0.3 is 34.8 Å². The second-order valence-electron chi connectivity index (χ2n) is 12.1. The zero-order valence-electron chi connectivity index (χ0n) is 28.0. The number of aliphatic carboxylic acids is 4. The summed E-state index contributed by atoms with van der Waals surface area (Å²) in [6.45, 7) is -2.17. The van der Waals surface area contributed by atoms with Gasteiger partial charge in [-0.25, -0.2) is 14.9 Å². The molecule has 1 saturated heterocycles. The molecule has 1 aromatic heterocycles. The van der Waals surface area contributed by atoms with Crippen molar-refractivity contribution >= 4 is 31.6 Å². The Labute approximate surface area is 300 Å². The number of aromatic amines is 1. The van der Waals surface area contributed by atoms with E-state index in [1.165, 1.54) is 31.2 Å². The van der Waals surface area contributed by atoms with Crippen molar-refractivity contribution in [2.75, 3.05) is 26.2 Å². The second-order valence-corrected chi connectivity index (χ2v) is 13.4. The van der Waals surface area contributed by atoms with Gasteiger partial charge in [-0.1, -0.05) is 60.7 Å². The molecule has 4 rings (SSSR count). The summed E-state index contributed by atoms with van der Waals surface area (Å²) in [4.78, 5) is 87.9. The fourth-order valence-corrected chi connectivity index (χ4v) is 6.70. The Kier molecular flexibility index (Phi) is 13.6. The summed E-state index contributed by atoms with van der Waals surface area (Å²) in [6.07, 6.45) is -7.07. The molecule has 0 radical (unpaired) electrons. The largest absolute Gasteiger partial charge is 0.480 e. The van der Waals surface area contributed by atoms with Crippen molar-refractivity contribution in [3.63, 3.8) is 0 Å². The van der Waals surface area contributed by atoms with Crippen LogP contribution in [0.3, 0.4) is 0 Å². The Hall–Kier alpha value is -5.05. The average molecular weight is 764 g/mol. The standard InChI is InChI=1S/C32H38N5O15P/c1-18-13-37(32(47)34-29(18)46)31-22(52-53(33,48)49)12-21(50-31)28(27(19-8-4-2-5-9-19)35(14-23(38)39)15-24(40)41)51-30(20-10-6-3-7-11-20)36(16-25(42)43)17-26(44)45/h2-11,13,21-22,27-28,30-31H,12,14-17H2,1H3,(H,38,39)(H,40,41)(H,42,43)(H,44,45)(H3,33,48,49)(H,34,46,47)/t21-,22?,27?,28?,30?,31+/m0/s1. The lowest BCUT2D eigenvalue weighted by atomic mass is 9.93. The number of aryl methyl sites for hydroxylation is 1. The average Bonchev–Trinajstić information content (AvgIpc) is 3.45. The summed E-state index contributed by atoms with van der Waals surface area (Å²) < 4.78 is 31.5. The van der Waals surface area contributed by atoms with Crippen LogP contribution >= 0.6 is 7.75 Å². The van der Waals surface area contributed by atoms with E-state index in [0.29, 0.717) is 0 Å². The first-order valence-electron chi connectivity index (χ1n) is 15.8. The van der Waals surface area contributed by atoms with Crippen molar-refractivity contribution in [3.8, 4) is 0 Å². The second kappa shape index (κ2) is 17.6. The number of carbonyl (C=O) groups is 4. The minimum Gasteiger partial charge on any atom is -0.480 e. The van der Waals surface area contributed by atoms with Gasteiger partial charge in [0.15, 0.2) is 6.23 Å². The van der Waals surface area contributed by atoms with Gasteiger partial charge in [0.05, 0.1) is 38.3 Å². The molecule has 0 aliphatic carbocycles. The molecular formula is C32H38N5O15P. The number of hydrogen-bond donors (Lipinski definition) is 7. The number of ether oxygens (including phenoxy) is 2. The van der Waals surface area contributed by atoms with E-state index in [1.807, 2.05) is 0 Å². The van der Waals surface area contributed by atoms with Gasteiger partial charge in [-0.3, -0.25) is 47.8 Å². The SMILES string of the molecule is Cc1cn([C@@H]2O[C@H](C(OC(c3ccccc3)N(CC(=O)O)CC(=O)O)C(c3ccccc3)N(CC(=O)O)CC(=O)O)CC2OP(N)(=O)O)c(=O)[nH]c1=O. The van der Waals surface area contributed by atoms with E-state index < -0.39 is 112 Å². The molecule has 0 bridgehead atoms. The predicted octanol–water partition coefficient (Wildman–Crippen LogP) is 0.345. The molecule has 1 aliphatic heterocycles. The van der Waals surface area contributed by atoms with Crippen molar-refractivity contribution in [3.05, 3.63) is 104 Å². The van der Waals surface area contributed by atoms with Crippen molar-refractivity contribution < 1.29 is 63.1 Å². The molecule has 1 aliphatic rings. The summed E-state index contributed by atoms with van der Waals surface area (Å²) in [5.74, 6) is -5.78. The van der Waals surface area contributed by atoms with Crippen LogP contribution in [0.4, 0.5) is 0 Å². The number of carboxylic acids is 4. The summed E-state index contributed by atoms with van der Waals surface area (Å²) >= 11 is 0. The number of nitrogens with one attached hydrogen (secondary N) is 1. The molecule has 3 aromatic rings. The number of aromatic nitrogens is 2. The number of H-pyrrole nitrogens is 1. The zero-order chi connectivity index (χ0) is 39.0. The number of benzene rings is 2. The van der Waals surface area contributed by atoms with E-state index in [2.05, 4.69) is 4.98 Å². The monoisotopic (exact) mass is 763 g/mol. The highest BCUT2D eigenvalue weighted by Gasteiger charge is 2.49. The Balaban J connectivity index is 2.00. The van der Waals surface area contributed by atoms with Crippen molar-refractivity contribution in [2.24, 2.45) is 5.50 Å². The normalized spacial score (nSPS) is 20.1. The molecule has 286 valence electrons. The van der Waals surface area contributed by atoms with E-state index in [9.17, 15) is 58.7 Å². The molecule has 2 aromatic carbocycles. The van der Waals surface area contributed by atoms with Gasteiger partial charge in [0.25, 0.3) is 5.56 Å². The molecule has 0 saturated carbocycles. The lowest BCUT2D eigenvalue weighted by Gasteiger charge is -2.41. The maximum atomic E-state index is 13.1. The van der Waals surface area contributed by atoms with Gasteiger partial charge in [-0.15, -0.1) is 0 Å². The van der Waals surface area contributed by atoms with E-state index in [-0.39, 0.29) is 16.7 Å². The fraction of sp³-hybridized carbons (Fsp3) is 0.375. The van der Waals surface area contributed by atoms with Crippen LogP contribution in [-0.4, -0.2) is 113 Å². The van der Waals surface area contributed by atoms with E-state index >= 15 is 0 Å². The number of hydrogen-bond acceptors (Lipinski definition) is 12. The predicted molar refractivity (Wildman–Crippen MR) is 180 cm³/mol. The number of nitrogens with two attached hydrogens (primary N) is 1. The van der Waals surface area contributed by atoms with Gasteiger partial charge >= 0.3 is 37.3 Å². The van der Waals surface area contributed by atoms with Crippen molar-refractivity contribution in [1.82, 2.24) is 19.4 Å². The van der Waals surface area contributed by atoms with Crippen LogP contribution in [0, 0.1) is 6.92 Å². The summed E-state index contributed by atoms with van der Waals surface area (Å²) in [6, 6.07) is 14.2. The molecule has 20 nitrogen and oxygen atoms in total. The van der Waals surface area contributed by atoms with Crippen LogP contribution in [0.2, 0.25) is 0 Å². The third kappa shape index (κ3) is 11.2. The molecule has 0 spiro atoms. The van der Waals surface area contributed by atoms with Gasteiger partial charge in [-0.2, -0.15) is 0 Å². The Morgan fingerprint density at radius 2 is 1.38 bits per heavy atom. The van der Waals surface area contributed by atoms with Crippen LogP contribution in [0.1, 0.15) is 41.6 Å². The summed E-state index contributed by atoms with van der Waals surface area (Å²) in [5, 5.41) is 39.4. The first-order valence-corrected chi connectivity index (χ1v) is 17.5. The molecule has 1 fully saturated rings. The van der Waals surface area contributed by atoms with Crippen LogP contribution < -0.4 is 16.8 Å². The molecule has 0 amide bonds. The third-order valence-electron chi connectivity index (χ3n) is 8.07. The first-order chi connectivity index (χ1) is 24.9. The van der Waals surface area contributed by atoms with Crippen LogP contribution in [0.25, 0.3) is 0 Å². The lowest BCUT2D eigenvalue weighted by Crippen LogP contribution is -2.50. The lowest BCUT2D eigenvalue weighted by molar-refractivity contribution is -0.188. The van der Waals surface area contributed by atoms with E-state index in [4.69, 9.17) is 19.5 Å². The van der Waals surface area contributed by atoms with Crippen LogP contribution in [0.15, 0.2) is 76.4 Å². The molecular weight excluding hydrogens is 725 g/mol. The molecule has 7 atom stereocenters. The smallest absolute Gasteiger partial charge is 0.400 e. The number of nitrogens with zero attached hydrogens (tertiary/aromatic N) is 3. The maximum Gasteiger partial charge on any atom is 0.400 e. The minimum absolute atomic E-state index is 0.0292. The topological polar surface area (TPSA) is 302 Å². The molecule has 2 heterocycles. The summed E-state index contributed by atoms with van der Waals surface area (Å²) in [5.41, 5.74) is 4.13.